The molecule has 2 saturated carbocycles. The van der Waals surface area contributed by atoms with Crippen molar-refractivity contribution in [1.29, 1.82) is 0 Å². The Kier molecular flexibility index (Phi) is 3.49. The minimum atomic E-state index is -0.866. The van der Waals surface area contributed by atoms with Crippen LogP contribution in [0.2, 0.25) is 0 Å². The van der Waals surface area contributed by atoms with Crippen molar-refractivity contribution in [2.24, 2.45) is 17.8 Å². The third kappa shape index (κ3) is 2.11. The molecule has 2 fully saturated rings. The summed E-state index contributed by atoms with van der Waals surface area (Å²) in [7, 11) is 1.70. The number of aromatic carboxylic acids is 1. The van der Waals surface area contributed by atoms with E-state index in [0.717, 1.165) is 17.0 Å². The molecule has 3 aliphatic rings. The van der Waals surface area contributed by atoms with Gasteiger partial charge >= 0.3 is 5.97 Å². The third-order valence-corrected chi connectivity index (χ3v) is 6.83. The van der Waals surface area contributed by atoms with Gasteiger partial charge in [-0.15, -0.1) is 0 Å². The van der Waals surface area contributed by atoms with Gasteiger partial charge in [0, 0.05) is 5.56 Å². The Labute approximate surface area is 153 Å². The summed E-state index contributed by atoms with van der Waals surface area (Å²) in [5.74, 6) is 2.33. The molecule has 0 spiro atoms. The first kappa shape index (κ1) is 15.7. The molecular weight excluding hydrogens is 326 g/mol. The monoisotopic (exact) mass is 349 g/mol. The maximum atomic E-state index is 11.8. The molecule has 0 unspecified atom stereocenters. The number of hydrogen-bond acceptors (Lipinski definition) is 3. The lowest BCUT2D eigenvalue weighted by atomic mass is 9.67. The van der Waals surface area contributed by atoms with Crippen molar-refractivity contribution in [2.45, 2.75) is 31.2 Å². The van der Waals surface area contributed by atoms with Crippen LogP contribution in [0.15, 0.2) is 42.5 Å². The van der Waals surface area contributed by atoms with Crippen molar-refractivity contribution in [3.8, 4) is 5.75 Å². The maximum Gasteiger partial charge on any atom is 0.337 e. The zero-order valence-electron chi connectivity index (χ0n) is 14.8. The number of carbonyl (C=O) groups is 1. The van der Waals surface area contributed by atoms with Crippen LogP contribution in [0.3, 0.4) is 0 Å². The third-order valence-electron chi connectivity index (χ3n) is 6.83. The van der Waals surface area contributed by atoms with E-state index in [1.807, 2.05) is 24.3 Å². The van der Waals surface area contributed by atoms with Crippen LogP contribution in [0.4, 0.5) is 5.69 Å². The largest absolute Gasteiger partial charge is 0.496 e. The second kappa shape index (κ2) is 5.76. The van der Waals surface area contributed by atoms with Crippen LogP contribution in [0, 0.1) is 17.8 Å². The van der Waals surface area contributed by atoms with Gasteiger partial charge < -0.3 is 15.2 Å². The Hall–Kier alpha value is -2.49. The minimum absolute atomic E-state index is 0.0967. The van der Waals surface area contributed by atoms with E-state index >= 15 is 0 Å². The lowest BCUT2D eigenvalue weighted by Gasteiger charge is -2.44. The van der Waals surface area contributed by atoms with Crippen molar-refractivity contribution in [2.75, 3.05) is 12.4 Å². The van der Waals surface area contributed by atoms with Crippen molar-refractivity contribution >= 4 is 11.7 Å². The molecule has 2 bridgehead atoms. The van der Waals surface area contributed by atoms with E-state index in [4.69, 9.17) is 4.74 Å². The zero-order valence-corrected chi connectivity index (χ0v) is 14.8. The molecule has 134 valence electrons. The molecular formula is C22H23NO3. The molecule has 2 aromatic rings. The van der Waals surface area contributed by atoms with Crippen molar-refractivity contribution < 1.29 is 14.6 Å². The molecule has 5 atom stereocenters. The summed E-state index contributed by atoms with van der Waals surface area (Å²) in [6.07, 6.45) is 3.81. The highest BCUT2D eigenvalue weighted by molar-refractivity contribution is 5.95. The van der Waals surface area contributed by atoms with Crippen LogP contribution in [-0.2, 0) is 0 Å². The predicted octanol–water partition coefficient (Wildman–Crippen LogP) is 4.69. The number of ether oxygens (including phenoxy) is 1. The van der Waals surface area contributed by atoms with E-state index in [0.29, 0.717) is 29.2 Å². The molecule has 1 heterocycles. The molecule has 0 aromatic heterocycles. The Morgan fingerprint density at radius 2 is 1.85 bits per heavy atom. The Morgan fingerprint density at radius 1 is 1.08 bits per heavy atom. The molecule has 0 amide bonds. The van der Waals surface area contributed by atoms with Gasteiger partial charge in [-0.05, 0) is 60.6 Å². The van der Waals surface area contributed by atoms with E-state index < -0.39 is 5.97 Å². The predicted molar refractivity (Wildman–Crippen MR) is 99.8 cm³/mol. The molecule has 0 saturated heterocycles. The SMILES string of the molecule is COc1ccccc1[C@@H]1Nc2c(C(=O)O)cccc2[C@@H]2[C@H]3CC[C@@H](C3)[C@H]21. The Balaban J connectivity index is 1.69. The number of para-hydroxylation sites is 2. The summed E-state index contributed by atoms with van der Waals surface area (Å²) in [6, 6.07) is 14.0. The number of rotatable bonds is 3. The highest BCUT2D eigenvalue weighted by Gasteiger charge is 2.54. The number of hydrogen-bond donors (Lipinski definition) is 2. The van der Waals surface area contributed by atoms with Crippen LogP contribution in [0.1, 0.15) is 52.7 Å². The van der Waals surface area contributed by atoms with Crippen LogP contribution in [0.25, 0.3) is 0 Å². The molecule has 1 aliphatic heterocycles. The molecule has 2 N–H and O–H groups in total. The minimum Gasteiger partial charge on any atom is -0.496 e. The highest BCUT2D eigenvalue weighted by Crippen LogP contribution is 2.64. The molecule has 4 nitrogen and oxygen atoms in total. The van der Waals surface area contributed by atoms with Gasteiger partial charge in [-0.25, -0.2) is 4.79 Å². The summed E-state index contributed by atoms with van der Waals surface area (Å²) >= 11 is 0. The fourth-order valence-electron chi connectivity index (χ4n) is 5.92. The fraction of sp³-hybridized carbons (Fsp3) is 0.409. The average molecular weight is 349 g/mol. The molecule has 4 heteroatoms. The normalized spacial score (nSPS) is 31.0. The average Bonchev–Trinajstić information content (AvgIpc) is 3.29. The smallest absolute Gasteiger partial charge is 0.337 e. The molecule has 2 aliphatic carbocycles. The van der Waals surface area contributed by atoms with E-state index in [2.05, 4.69) is 17.4 Å². The maximum absolute atomic E-state index is 11.8. The van der Waals surface area contributed by atoms with Gasteiger partial charge in [0.05, 0.1) is 24.4 Å². The first-order valence-electron chi connectivity index (χ1n) is 9.44. The highest BCUT2D eigenvalue weighted by atomic mass is 16.5. The first-order valence-corrected chi connectivity index (χ1v) is 9.44. The summed E-state index contributed by atoms with van der Waals surface area (Å²) in [4.78, 5) is 11.8. The summed E-state index contributed by atoms with van der Waals surface area (Å²) in [5.41, 5.74) is 3.53. The zero-order chi connectivity index (χ0) is 17.8. The first-order chi connectivity index (χ1) is 12.7. The second-order valence-electron chi connectivity index (χ2n) is 7.88. The number of anilines is 1. The van der Waals surface area contributed by atoms with Gasteiger partial charge in [-0.3, -0.25) is 0 Å². The van der Waals surface area contributed by atoms with Gasteiger partial charge in [0.2, 0.25) is 0 Å². The van der Waals surface area contributed by atoms with Crippen LogP contribution in [-0.4, -0.2) is 18.2 Å². The topological polar surface area (TPSA) is 58.6 Å². The quantitative estimate of drug-likeness (QED) is 0.844. The Morgan fingerprint density at radius 3 is 2.65 bits per heavy atom. The Bertz CT molecular complexity index is 877. The van der Waals surface area contributed by atoms with E-state index in [1.54, 1.807) is 13.2 Å². The molecule has 0 radical (unpaired) electrons. The second-order valence-corrected chi connectivity index (χ2v) is 7.88. The van der Waals surface area contributed by atoms with Crippen molar-refractivity contribution in [3.63, 3.8) is 0 Å². The van der Waals surface area contributed by atoms with Crippen LogP contribution in [0.5, 0.6) is 5.75 Å². The number of carboxylic acids is 1. The van der Waals surface area contributed by atoms with Crippen LogP contribution >= 0.6 is 0 Å². The van der Waals surface area contributed by atoms with Gasteiger partial charge in [-0.1, -0.05) is 30.3 Å². The number of carboxylic acid groups (broad SMARTS) is 1. The lowest BCUT2D eigenvalue weighted by Crippen LogP contribution is -2.36. The van der Waals surface area contributed by atoms with Crippen LogP contribution < -0.4 is 10.1 Å². The van der Waals surface area contributed by atoms with Gasteiger partial charge in [-0.2, -0.15) is 0 Å². The fourth-order valence-corrected chi connectivity index (χ4v) is 5.92. The molecule has 26 heavy (non-hydrogen) atoms. The van der Waals surface area contributed by atoms with E-state index in [1.165, 1.54) is 24.8 Å². The standard InChI is InChI=1S/C22H23NO3/c1-26-17-8-3-2-5-14(17)21-19-13-10-9-12(11-13)18(19)15-6-4-7-16(22(24)25)20(15)23-21/h2-8,12-13,18-19,21,23H,9-11H2,1H3,(H,24,25)/t12-,13-,18-,19+,21-/m0/s1. The number of fused-ring (bicyclic) bond motifs is 7. The molecule has 5 rings (SSSR count). The van der Waals surface area contributed by atoms with Crippen molar-refractivity contribution in [3.05, 3.63) is 59.2 Å². The van der Waals surface area contributed by atoms with E-state index in [9.17, 15) is 9.90 Å². The summed E-state index contributed by atoms with van der Waals surface area (Å²) in [5, 5.41) is 13.3. The summed E-state index contributed by atoms with van der Waals surface area (Å²) < 4.78 is 5.64. The number of methoxy groups -OCH3 is 1. The van der Waals surface area contributed by atoms with E-state index in [-0.39, 0.29) is 6.04 Å². The lowest BCUT2D eigenvalue weighted by molar-refractivity contribution is 0.0697. The molecule has 2 aromatic carbocycles. The number of benzene rings is 2. The van der Waals surface area contributed by atoms with Gasteiger partial charge in [0.25, 0.3) is 0 Å². The van der Waals surface area contributed by atoms with Gasteiger partial charge in [0.1, 0.15) is 5.75 Å². The number of nitrogens with one attached hydrogen (secondary N) is 1. The van der Waals surface area contributed by atoms with Gasteiger partial charge in [0.15, 0.2) is 0 Å². The van der Waals surface area contributed by atoms with Crippen molar-refractivity contribution in [1.82, 2.24) is 0 Å². The summed E-state index contributed by atoms with van der Waals surface area (Å²) in [6.45, 7) is 0.